The molecule has 1 aromatic rings. The van der Waals surface area contributed by atoms with Gasteiger partial charge in [-0.25, -0.2) is 0 Å². The van der Waals surface area contributed by atoms with Gasteiger partial charge in [0.25, 0.3) is 0 Å². The third kappa shape index (κ3) is 3.10. The zero-order valence-corrected chi connectivity index (χ0v) is 10.1. The first-order chi connectivity index (χ1) is 6.65. The summed E-state index contributed by atoms with van der Waals surface area (Å²) in [6, 6.07) is 7.69. The number of benzene rings is 1. The third-order valence-electron chi connectivity index (χ3n) is 2.00. The van der Waals surface area contributed by atoms with Crippen molar-refractivity contribution in [3.8, 4) is 0 Å². The molecule has 0 N–H and O–H groups in total. The van der Waals surface area contributed by atoms with Gasteiger partial charge in [0.15, 0.2) is 0 Å². The lowest BCUT2D eigenvalue weighted by atomic mass is 10.2. The topological polar surface area (TPSA) is 17.1 Å². The fraction of sp³-hybridized carbons (Fsp3) is 0.455. The number of rotatable bonds is 4. The molecule has 3 heteroatoms. The van der Waals surface area contributed by atoms with Crippen LogP contribution in [-0.4, -0.2) is 8.92 Å². The minimum absolute atomic E-state index is 0.261. The van der Waals surface area contributed by atoms with E-state index in [9.17, 15) is 4.21 Å². The van der Waals surface area contributed by atoms with Crippen LogP contribution >= 0.6 is 11.6 Å². The standard InChI is InChI=1S/C11H15ClOS/c1-3-4-11(12)14(13)10-7-5-9(2)6-8-10/h5-8,11H,3-4H2,1-2H3. The predicted octanol–water partition coefficient (Wildman–Crippen LogP) is 3.47. The first-order valence-corrected chi connectivity index (χ1v) is 6.41. The maximum Gasteiger partial charge on any atom is 0.113 e. The largest absolute Gasteiger partial charge is 0.253 e. The quantitative estimate of drug-likeness (QED) is 0.724. The van der Waals surface area contributed by atoms with Crippen molar-refractivity contribution >= 4 is 22.4 Å². The fourth-order valence-corrected chi connectivity index (χ4v) is 2.83. The highest BCUT2D eigenvalue weighted by atomic mass is 35.5. The Kier molecular flexibility index (Phi) is 4.63. The second-order valence-corrected chi connectivity index (χ2v) is 5.73. The molecule has 0 aliphatic carbocycles. The molecule has 1 rings (SSSR count). The van der Waals surface area contributed by atoms with Gasteiger partial charge < -0.3 is 0 Å². The van der Waals surface area contributed by atoms with E-state index in [1.165, 1.54) is 5.56 Å². The summed E-state index contributed by atoms with van der Waals surface area (Å²) in [5, 5.41) is 0. The van der Waals surface area contributed by atoms with E-state index < -0.39 is 10.8 Å². The van der Waals surface area contributed by atoms with E-state index in [1.54, 1.807) is 0 Å². The van der Waals surface area contributed by atoms with Gasteiger partial charge in [0.05, 0.1) is 10.8 Å². The van der Waals surface area contributed by atoms with E-state index in [1.807, 2.05) is 38.1 Å². The highest BCUT2D eigenvalue weighted by Gasteiger charge is 2.13. The molecule has 0 amide bonds. The Morgan fingerprint density at radius 2 is 1.93 bits per heavy atom. The number of halogens is 1. The van der Waals surface area contributed by atoms with Gasteiger partial charge in [-0.05, 0) is 25.5 Å². The lowest BCUT2D eigenvalue weighted by Crippen LogP contribution is -2.07. The number of alkyl halides is 1. The number of aryl methyl sites for hydroxylation is 1. The lowest BCUT2D eigenvalue weighted by Gasteiger charge is -2.07. The normalized spacial score (nSPS) is 15.1. The number of hydrogen-bond donors (Lipinski definition) is 0. The minimum Gasteiger partial charge on any atom is -0.253 e. The minimum atomic E-state index is -1.07. The summed E-state index contributed by atoms with van der Waals surface area (Å²) in [5.41, 5.74) is 1.17. The molecule has 0 radical (unpaired) electrons. The van der Waals surface area contributed by atoms with Crippen LogP contribution in [0.25, 0.3) is 0 Å². The van der Waals surface area contributed by atoms with Crippen molar-refractivity contribution < 1.29 is 4.21 Å². The predicted molar refractivity (Wildman–Crippen MR) is 62.1 cm³/mol. The second-order valence-electron chi connectivity index (χ2n) is 3.31. The van der Waals surface area contributed by atoms with Crippen molar-refractivity contribution in [2.45, 2.75) is 36.3 Å². The van der Waals surface area contributed by atoms with Crippen LogP contribution < -0.4 is 0 Å². The monoisotopic (exact) mass is 230 g/mol. The molecular formula is C11H15ClOS. The molecular weight excluding hydrogens is 216 g/mol. The van der Waals surface area contributed by atoms with Crippen molar-refractivity contribution in [1.29, 1.82) is 0 Å². The van der Waals surface area contributed by atoms with Crippen LogP contribution in [0.15, 0.2) is 29.2 Å². The molecule has 0 heterocycles. The molecule has 0 aromatic heterocycles. The molecule has 0 saturated carbocycles. The van der Waals surface area contributed by atoms with Crippen LogP contribution in [0, 0.1) is 6.92 Å². The Balaban J connectivity index is 2.74. The summed E-state index contributed by atoms with van der Waals surface area (Å²) in [4.78, 5) is 0.823. The van der Waals surface area contributed by atoms with E-state index in [0.29, 0.717) is 0 Å². The van der Waals surface area contributed by atoms with Gasteiger partial charge in [0, 0.05) is 4.90 Å². The van der Waals surface area contributed by atoms with E-state index >= 15 is 0 Å². The summed E-state index contributed by atoms with van der Waals surface area (Å²) >= 11 is 6.01. The van der Waals surface area contributed by atoms with Crippen LogP contribution in [0.1, 0.15) is 25.3 Å². The van der Waals surface area contributed by atoms with E-state index in [0.717, 1.165) is 17.7 Å². The molecule has 78 valence electrons. The van der Waals surface area contributed by atoms with Gasteiger partial charge in [0.2, 0.25) is 0 Å². The summed E-state index contributed by atoms with van der Waals surface area (Å²) in [6.07, 6.45) is 1.76. The van der Waals surface area contributed by atoms with Crippen LogP contribution in [0.4, 0.5) is 0 Å². The summed E-state index contributed by atoms with van der Waals surface area (Å²) in [6.45, 7) is 4.05. The molecule has 14 heavy (non-hydrogen) atoms. The maximum absolute atomic E-state index is 11.8. The Labute approximate surface area is 92.9 Å². The molecule has 1 nitrogen and oxygen atoms in total. The second kappa shape index (κ2) is 5.52. The Bertz CT molecular complexity index is 308. The van der Waals surface area contributed by atoms with Crippen LogP contribution in [-0.2, 0) is 10.8 Å². The molecule has 2 atom stereocenters. The zero-order valence-electron chi connectivity index (χ0n) is 8.50. The zero-order chi connectivity index (χ0) is 10.6. The Morgan fingerprint density at radius 3 is 2.43 bits per heavy atom. The van der Waals surface area contributed by atoms with Gasteiger partial charge in [-0.1, -0.05) is 31.0 Å². The fourth-order valence-electron chi connectivity index (χ4n) is 1.15. The molecule has 0 aliphatic rings. The average Bonchev–Trinajstić information content (AvgIpc) is 2.18. The van der Waals surface area contributed by atoms with E-state index in [-0.39, 0.29) is 4.71 Å². The average molecular weight is 231 g/mol. The van der Waals surface area contributed by atoms with Crippen molar-refractivity contribution in [3.63, 3.8) is 0 Å². The van der Waals surface area contributed by atoms with Gasteiger partial charge >= 0.3 is 0 Å². The van der Waals surface area contributed by atoms with Crippen molar-refractivity contribution in [2.75, 3.05) is 0 Å². The first kappa shape index (κ1) is 11.7. The first-order valence-electron chi connectivity index (χ1n) is 4.76. The van der Waals surface area contributed by atoms with Gasteiger partial charge in [0.1, 0.15) is 4.71 Å². The van der Waals surface area contributed by atoms with E-state index in [4.69, 9.17) is 11.6 Å². The smallest absolute Gasteiger partial charge is 0.113 e. The molecule has 0 spiro atoms. The Hall–Kier alpha value is -0.340. The Morgan fingerprint density at radius 1 is 1.36 bits per heavy atom. The highest BCUT2D eigenvalue weighted by Crippen LogP contribution is 2.18. The summed E-state index contributed by atoms with van der Waals surface area (Å²) < 4.78 is 11.6. The highest BCUT2D eigenvalue weighted by molar-refractivity contribution is 7.87. The van der Waals surface area contributed by atoms with Crippen LogP contribution in [0.3, 0.4) is 0 Å². The molecule has 0 fully saturated rings. The molecule has 0 aliphatic heterocycles. The summed E-state index contributed by atoms with van der Waals surface area (Å²) in [7, 11) is -1.07. The molecule has 2 unspecified atom stereocenters. The van der Waals surface area contributed by atoms with Gasteiger partial charge in [-0.3, -0.25) is 4.21 Å². The third-order valence-corrected chi connectivity index (χ3v) is 4.14. The van der Waals surface area contributed by atoms with Gasteiger partial charge in [-0.2, -0.15) is 0 Å². The van der Waals surface area contributed by atoms with Crippen LogP contribution in [0.5, 0.6) is 0 Å². The van der Waals surface area contributed by atoms with Crippen LogP contribution in [0.2, 0.25) is 0 Å². The van der Waals surface area contributed by atoms with Crippen molar-refractivity contribution in [3.05, 3.63) is 29.8 Å². The summed E-state index contributed by atoms with van der Waals surface area (Å²) in [5.74, 6) is 0. The molecule has 0 saturated heterocycles. The molecule has 1 aromatic carbocycles. The van der Waals surface area contributed by atoms with Crippen molar-refractivity contribution in [1.82, 2.24) is 0 Å². The van der Waals surface area contributed by atoms with Crippen molar-refractivity contribution in [2.24, 2.45) is 0 Å². The van der Waals surface area contributed by atoms with Gasteiger partial charge in [-0.15, -0.1) is 11.6 Å². The SMILES string of the molecule is CCCC(Cl)S(=O)c1ccc(C)cc1. The molecule has 0 bridgehead atoms. The van der Waals surface area contributed by atoms with E-state index in [2.05, 4.69) is 0 Å². The maximum atomic E-state index is 11.8. The number of hydrogen-bond acceptors (Lipinski definition) is 1. The lowest BCUT2D eigenvalue weighted by molar-refractivity contribution is 0.675.